The SMILES string of the molecule is Clc1ccc2c(c1)Oc1cccc3c(-c4cc5ccccc5c5c4oc4ccc6ccccc6c45)ccc-2c13. The molecule has 0 atom stereocenters. The Balaban J connectivity index is 1.44. The van der Waals surface area contributed by atoms with Gasteiger partial charge in [-0.25, -0.2) is 0 Å². The average molecular weight is 519 g/mol. The van der Waals surface area contributed by atoms with E-state index in [4.69, 9.17) is 20.8 Å². The van der Waals surface area contributed by atoms with Crippen LogP contribution in [0.2, 0.25) is 5.02 Å². The van der Waals surface area contributed by atoms with Crippen LogP contribution in [0.5, 0.6) is 11.5 Å². The topological polar surface area (TPSA) is 22.4 Å². The molecule has 182 valence electrons. The Bertz CT molecular complexity index is 2330. The number of benzene rings is 7. The van der Waals surface area contributed by atoms with Crippen LogP contribution in [-0.4, -0.2) is 0 Å². The minimum atomic E-state index is 0.664. The molecule has 2 nitrogen and oxygen atoms in total. The zero-order valence-corrected chi connectivity index (χ0v) is 21.4. The first-order valence-electron chi connectivity index (χ1n) is 13.0. The zero-order chi connectivity index (χ0) is 25.7. The van der Waals surface area contributed by atoms with Gasteiger partial charge in [-0.3, -0.25) is 0 Å². The molecule has 0 radical (unpaired) electrons. The van der Waals surface area contributed by atoms with E-state index in [9.17, 15) is 0 Å². The van der Waals surface area contributed by atoms with Gasteiger partial charge in [-0.15, -0.1) is 0 Å². The molecule has 2 heterocycles. The molecule has 0 unspecified atom stereocenters. The molecule has 0 saturated carbocycles. The smallest absolute Gasteiger partial charge is 0.143 e. The zero-order valence-electron chi connectivity index (χ0n) is 20.7. The van der Waals surface area contributed by atoms with Crippen molar-refractivity contribution < 1.29 is 9.15 Å². The Hall–Kier alpha value is -4.79. The third kappa shape index (κ3) is 2.87. The maximum Gasteiger partial charge on any atom is 0.143 e. The van der Waals surface area contributed by atoms with E-state index in [0.717, 1.165) is 66.5 Å². The van der Waals surface area contributed by atoms with Crippen molar-refractivity contribution in [3.05, 3.63) is 120 Å². The van der Waals surface area contributed by atoms with Crippen molar-refractivity contribution in [2.75, 3.05) is 0 Å². The lowest BCUT2D eigenvalue weighted by Gasteiger charge is -2.23. The summed E-state index contributed by atoms with van der Waals surface area (Å²) in [5.74, 6) is 1.62. The minimum absolute atomic E-state index is 0.664. The summed E-state index contributed by atoms with van der Waals surface area (Å²) in [6.07, 6.45) is 0. The second-order valence-electron chi connectivity index (χ2n) is 10.2. The normalized spacial score (nSPS) is 12.4. The molecule has 1 aliphatic heterocycles. The van der Waals surface area contributed by atoms with Gasteiger partial charge in [-0.05, 0) is 68.4 Å². The third-order valence-corrected chi connectivity index (χ3v) is 8.34. The van der Waals surface area contributed by atoms with Gasteiger partial charge in [0.1, 0.15) is 22.7 Å². The molecule has 1 aliphatic rings. The number of furan rings is 1. The fourth-order valence-electron chi connectivity index (χ4n) is 6.43. The van der Waals surface area contributed by atoms with Gasteiger partial charge in [0.25, 0.3) is 0 Å². The number of hydrogen-bond acceptors (Lipinski definition) is 2. The van der Waals surface area contributed by atoms with Gasteiger partial charge in [0, 0.05) is 38.4 Å². The van der Waals surface area contributed by atoms with E-state index in [2.05, 4.69) is 91.0 Å². The lowest BCUT2D eigenvalue weighted by molar-refractivity contribution is 0.487. The van der Waals surface area contributed by atoms with Gasteiger partial charge >= 0.3 is 0 Å². The van der Waals surface area contributed by atoms with Crippen LogP contribution in [0, 0.1) is 0 Å². The van der Waals surface area contributed by atoms with Crippen LogP contribution in [0.3, 0.4) is 0 Å². The fraction of sp³-hybridized carbons (Fsp3) is 0. The average Bonchev–Trinajstić information content (AvgIpc) is 3.38. The van der Waals surface area contributed by atoms with E-state index in [1.165, 1.54) is 21.5 Å². The Kier molecular flexibility index (Phi) is 4.14. The van der Waals surface area contributed by atoms with Gasteiger partial charge in [0.15, 0.2) is 0 Å². The molecule has 0 amide bonds. The summed E-state index contributed by atoms with van der Waals surface area (Å²) in [5.41, 5.74) is 6.21. The first-order valence-corrected chi connectivity index (χ1v) is 13.4. The van der Waals surface area contributed by atoms with E-state index in [1.54, 1.807) is 0 Å². The van der Waals surface area contributed by atoms with Crippen molar-refractivity contribution in [2.24, 2.45) is 0 Å². The number of rotatable bonds is 1. The lowest BCUT2D eigenvalue weighted by atomic mass is 9.88. The second-order valence-corrected chi connectivity index (χ2v) is 10.6. The molecule has 0 saturated heterocycles. The highest BCUT2D eigenvalue weighted by molar-refractivity contribution is 6.31. The Morgan fingerprint density at radius 3 is 2.10 bits per heavy atom. The molecule has 0 spiro atoms. The first-order chi connectivity index (χ1) is 19.2. The van der Waals surface area contributed by atoms with Gasteiger partial charge < -0.3 is 9.15 Å². The molecular formula is C36H19ClO2. The van der Waals surface area contributed by atoms with Crippen LogP contribution in [0.1, 0.15) is 0 Å². The maximum atomic E-state index is 6.73. The summed E-state index contributed by atoms with van der Waals surface area (Å²) in [6, 6.07) is 40.2. The number of hydrogen-bond donors (Lipinski definition) is 0. The number of fused-ring (bicyclic) bond motifs is 9. The predicted octanol–water partition coefficient (Wildman–Crippen LogP) is 11.1. The van der Waals surface area contributed by atoms with Crippen molar-refractivity contribution in [1.29, 1.82) is 0 Å². The summed E-state index contributed by atoms with van der Waals surface area (Å²) in [5, 5.41) is 10.0. The van der Waals surface area contributed by atoms with Crippen LogP contribution < -0.4 is 4.74 Å². The van der Waals surface area contributed by atoms with Crippen molar-refractivity contribution in [3.8, 4) is 33.8 Å². The van der Waals surface area contributed by atoms with Crippen LogP contribution >= 0.6 is 11.6 Å². The molecule has 0 bridgehead atoms. The molecule has 9 rings (SSSR count). The molecular weight excluding hydrogens is 500 g/mol. The highest BCUT2D eigenvalue weighted by atomic mass is 35.5. The summed E-state index contributed by atoms with van der Waals surface area (Å²) < 4.78 is 13.1. The minimum Gasteiger partial charge on any atom is -0.456 e. The van der Waals surface area contributed by atoms with E-state index in [0.29, 0.717) is 5.02 Å². The standard InChI is InChI=1S/C36H19ClO2/c37-22-13-14-26-28-16-15-25(27-10-5-11-30(33(27)28)38-32(26)19-22)29-18-21-7-2-4-9-24(21)35-34-23-8-3-1-6-20(23)12-17-31(34)39-36(29)35/h1-19H. The molecule has 0 N–H and O–H groups in total. The molecule has 0 aliphatic carbocycles. The maximum absolute atomic E-state index is 6.73. The summed E-state index contributed by atoms with van der Waals surface area (Å²) in [7, 11) is 0. The van der Waals surface area contributed by atoms with Crippen molar-refractivity contribution in [3.63, 3.8) is 0 Å². The monoisotopic (exact) mass is 518 g/mol. The quantitative estimate of drug-likeness (QED) is 0.215. The van der Waals surface area contributed by atoms with Gasteiger partial charge in [-0.2, -0.15) is 0 Å². The third-order valence-electron chi connectivity index (χ3n) is 8.10. The van der Waals surface area contributed by atoms with E-state index < -0.39 is 0 Å². The van der Waals surface area contributed by atoms with E-state index >= 15 is 0 Å². The van der Waals surface area contributed by atoms with Crippen LogP contribution in [-0.2, 0) is 0 Å². The Morgan fingerprint density at radius 2 is 1.21 bits per heavy atom. The number of ether oxygens (including phenoxy) is 1. The van der Waals surface area contributed by atoms with Crippen LogP contribution in [0.15, 0.2) is 120 Å². The van der Waals surface area contributed by atoms with Crippen LogP contribution in [0.25, 0.3) is 76.5 Å². The van der Waals surface area contributed by atoms with Gasteiger partial charge in [0.05, 0.1) is 0 Å². The van der Waals surface area contributed by atoms with Gasteiger partial charge in [0.2, 0.25) is 0 Å². The Labute approximate surface area is 228 Å². The molecule has 39 heavy (non-hydrogen) atoms. The largest absolute Gasteiger partial charge is 0.456 e. The van der Waals surface area contributed by atoms with Gasteiger partial charge in [-0.1, -0.05) is 90.5 Å². The van der Waals surface area contributed by atoms with E-state index in [1.807, 2.05) is 24.3 Å². The Morgan fingerprint density at radius 1 is 0.462 bits per heavy atom. The number of halogens is 1. The molecule has 1 aromatic heterocycles. The molecule has 7 aromatic carbocycles. The lowest BCUT2D eigenvalue weighted by Crippen LogP contribution is -1.98. The van der Waals surface area contributed by atoms with Crippen molar-refractivity contribution in [1.82, 2.24) is 0 Å². The predicted molar refractivity (Wildman–Crippen MR) is 162 cm³/mol. The molecule has 3 heteroatoms. The molecule has 8 aromatic rings. The van der Waals surface area contributed by atoms with Crippen LogP contribution in [0.4, 0.5) is 0 Å². The summed E-state index contributed by atoms with van der Waals surface area (Å²) in [6.45, 7) is 0. The highest BCUT2D eigenvalue weighted by Gasteiger charge is 2.24. The fourth-order valence-corrected chi connectivity index (χ4v) is 6.59. The summed E-state index contributed by atoms with van der Waals surface area (Å²) >= 11 is 6.29. The summed E-state index contributed by atoms with van der Waals surface area (Å²) in [4.78, 5) is 0. The first kappa shape index (κ1) is 21.2. The second kappa shape index (κ2) is 7.63. The van der Waals surface area contributed by atoms with Crippen molar-refractivity contribution in [2.45, 2.75) is 0 Å². The molecule has 0 fully saturated rings. The van der Waals surface area contributed by atoms with E-state index in [-0.39, 0.29) is 0 Å². The highest BCUT2D eigenvalue weighted by Crippen LogP contribution is 2.51. The van der Waals surface area contributed by atoms with Crippen molar-refractivity contribution >= 4 is 65.9 Å².